The fraction of sp³-hybridized carbons (Fsp3) is 0.857. The summed E-state index contributed by atoms with van der Waals surface area (Å²) in [6, 6.07) is -1.04. The number of unbranched alkanes of at least 4 members (excludes halogenated alkanes) is 8. The van der Waals surface area contributed by atoms with E-state index >= 15 is 0 Å². The smallest absolute Gasteiger partial charge is 0.172 e. The molecule has 0 saturated carbocycles. The second-order valence-corrected chi connectivity index (χ2v) is 9.03. The van der Waals surface area contributed by atoms with Crippen LogP contribution in [0.3, 0.4) is 0 Å². The molecule has 36 heavy (non-hydrogen) atoms. The third-order valence-electron chi connectivity index (χ3n) is 5.61. The highest BCUT2D eigenvalue weighted by Crippen LogP contribution is 2.10. The van der Waals surface area contributed by atoms with Crippen LogP contribution in [0.4, 0.5) is 0 Å². The van der Waals surface area contributed by atoms with Crippen LogP contribution in [0, 0.1) is 0 Å². The first-order valence-corrected chi connectivity index (χ1v) is 13.9. The fourth-order valence-electron chi connectivity index (χ4n) is 3.43. The zero-order valence-electron chi connectivity index (χ0n) is 23.2. The van der Waals surface area contributed by atoms with Crippen LogP contribution in [-0.2, 0) is 9.47 Å². The van der Waals surface area contributed by atoms with Gasteiger partial charge in [0.25, 0.3) is 0 Å². The van der Waals surface area contributed by atoms with Gasteiger partial charge in [0.2, 0.25) is 0 Å². The molecule has 0 radical (unpaired) electrons. The molecule has 0 spiro atoms. The van der Waals surface area contributed by atoms with Crippen molar-refractivity contribution in [3.05, 3.63) is 24.8 Å². The van der Waals surface area contributed by atoms with Crippen LogP contribution in [0.1, 0.15) is 104 Å². The number of hydrogen-bond acceptors (Lipinski definition) is 8. The van der Waals surface area contributed by atoms with Crippen molar-refractivity contribution in [2.75, 3.05) is 19.8 Å². The Balaban J connectivity index is 0. The topological polar surface area (TPSA) is 132 Å². The lowest BCUT2D eigenvalue weighted by molar-refractivity contribution is -0.175. The number of ether oxygens (including phenoxy) is 2. The molecule has 8 nitrogen and oxygen atoms in total. The van der Waals surface area contributed by atoms with E-state index in [9.17, 15) is 20.4 Å². The van der Waals surface area contributed by atoms with Gasteiger partial charge in [-0.1, -0.05) is 70.6 Å². The molecule has 0 aliphatic carbocycles. The Bertz CT molecular complexity index is 479. The van der Waals surface area contributed by atoms with E-state index in [1.54, 1.807) is 0 Å². The minimum Gasteiger partial charge on any atom is -0.394 e. The molecule has 0 aliphatic rings. The summed E-state index contributed by atoms with van der Waals surface area (Å²) in [7, 11) is 0. The quantitative estimate of drug-likeness (QED) is 0.0637. The molecule has 0 saturated heterocycles. The van der Waals surface area contributed by atoms with Crippen molar-refractivity contribution in [1.82, 2.24) is 5.32 Å². The zero-order chi connectivity index (χ0) is 27.4. The summed E-state index contributed by atoms with van der Waals surface area (Å²) in [5, 5.41) is 51.2. The van der Waals surface area contributed by atoms with Gasteiger partial charge in [0.15, 0.2) is 12.6 Å². The highest BCUT2D eigenvalue weighted by atomic mass is 16.6. The molecule has 0 heterocycles. The number of aliphatic hydroxyl groups is 5. The number of hydrogen-bond donors (Lipinski definition) is 6. The first-order chi connectivity index (χ1) is 17.4. The molecular weight excluding hydrogens is 462 g/mol. The third kappa shape index (κ3) is 24.8. The maximum Gasteiger partial charge on any atom is 0.172 e. The van der Waals surface area contributed by atoms with Gasteiger partial charge in [-0.15, -0.1) is 6.58 Å². The molecule has 0 aromatic rings. The van der Waals surface area contributed by atoms with Crippen LogP contribution >= 0.6 is 0 Å². The highest BCUT2D eigenvalue weighted by Gasteiger charge is 2.28. The molecule has 0 amide bonds. The van der Waals surface area contributed by atoms with Gasteiger partial charge in [-0.25, -0.2) is 0 Å². The largest absolute Gasteiger partial charge is 0.394 e. The Morgan fingerprint density at radius 1 is 0.806 bits per heavy atom. The zero-order valence-corrected chi connectivity index (χ0v) is 23.2. The molecular formula is C28H57NO7. The molecule has 0 rings (SSSR count). The highest BCUT2D eigenvalue weighted by molar-refractivity contribution is 4.79. The van der Waals surface area contributed by atoms with Gasteiger partial charge in [0.05, 0.1) is 32.0 Å². The van der Waals surface area contributed by atoms with Crippen molar-refractivity contribution in [2.45, 2.75) is 135 Å². The lowest BCUT2D eigenvalue weighted by Gasteiger charge is -2.29. The summed E-state index contributed by atoms with van der Waals surface area (Å²) in [6.45, 7) is 9.39. The normalized spacial score (nSPS) is 15.7. The van der Waals surface area contributed by atoms with Crippen LogP contribution in [-0.4, -0.2) is 76.3 Å². The van der Waals surface area contributed by atoms with E-state index < -0.39 is 37.6 Å². The van der Waals surface area contributed by atoms with E-state index in [-0.39, 0.29) is 13.2 Å². The lowest BCUT2D eigenvalue weighted by atomic mass is 10.1. The van der Waals surface area contributed by atoms with Gasteiger partial charge in [-0.2, -0.15) is 0 Å². The summed E-state index contributed by atoms with van der Waals surface area (Å²) >= 11 is 0. The third-order valence-corrected chi connectivity index (χ3v) is 5.61. The first kappa shape index (κ1) is 37.3. The maximum absolute atomic E-state index is 10.1. The van der Waals surface area contributed by atoms with Crippen molar-refractivity contribution in [2.24, 2.45) is 0 Å². The van der Waals surface area contributed by atoms with E-state index in [0.29, 0.717) is 19.3 Å². The minimum atomic E-state index is -1.44. The number of rotatable bonds is 24. The van der Waals surface area contributed by atoms with Gasteiger partial charge in [-0.3, -0.25) is 5.32 Å². The number of nitrogens with one attached hydrogen (secondary N) is 1. The molecule has 6 N–H and O–H groups in total. The van der Waals surface area contributed by atoms with Gasteiger partial charge in [0.1, 0.15) is 6.23 Å². The van der Waals surface area contributed by atoms with Crippen LogP contribution < -0.4 is 5.32 Å². The number of aliphatic hydroxyl groups excluding tert-OH is 5. The van der Waals surface area contributed by atoms with Crippen LogP contribution in [0.5, 0.6) is 0 Å². The fourth-order valence-corrected chi connectivity index (χ4v) is 3.43. The first-order valence-electron chi connectivity index (χ1n) is 13.9. The summed E-state index contributed by atoms with van der Waals surface area (Å²) < 4.78 is 10.5. The Kier molecular flexibility index (Phi) is 29.8. The van der Waals surface area contributed by atoms with E-state index in [1.165, 1.54) is 25.7 Å². The van der Waals surface area contributed by atoms with Crippen molar-refractivity contribution < 1.29 is 35.0 Å². The Hall–Kier alpha value is -0.840. The maximum atomic E-state index is 10.1. The van der Waals surface area contributed by atoms with Gasteiger partial charge >= 0.3 is 0 Å². The molecule has 0 bridgehead atoms. The Morgan fingerprint density at radius 3 is 2.06 bits per heavy atom. The predicted molar refractivity (Wildman–Crippen MR) is 146 cm³/mol. The SMILES string of the molecule is C/C=C\CCCCC.C=CCCCCCCCC(O)OCCOC(O)[C@H](NC(O)CCC)[C@@H](O)CO. The molecule has 216 valence electrons. The van der Waals surface area contributed by atoms with Crippen molar-refractivity contribution >= 4 is 0 Å². The molecule has 0 aromatic heterocycles. The summed E-state index contributed by atoms with van der Waals surface area (Å²) in [5.74, 6) is 0. The van der Waals surface area contributed by atoms with Crippen molar-refractivity contribution in [3.63, 3.8) is 0 Å². The van der Waals surface area contributed by atoms with Gasteiger partial charge in [0, 0.05) is 0 Å². The second-order valence-electron chi connectivity index (χ2n) is 9.03. The molecule has 5 atom stereocenters. The van der Waals surface area contributed by atoms with E-state index in [0.717, 1.165) is 38.5 Å². The molecule has 8 heteroatoms. The van der Waals surface area contributed by atoms with Crippen molar-refractivity contribution in [3.8, 4) is 0 Å². The lowest BCUT2D eigenvalue weighted by Crippen LogP contribution is -2.54. The van der Waals surface area contributed by atoms with Crippen LogP contribution in [0.2, 0.25) is 0 Å². The monoisotopic (exact) mass is 519 g/mol. The van der Waals surface area contributed by atoms with E-state index in [1.807, 2.05) is 13.0 Å². The van der Waals surface area contributed by atoms with E-state index in [4.69, 9.17) is 14.6 Å². The summed E-state index contributed by atoms with van der Waals surface area (Å²) in [6.07, 6.45) is 15.2. The molecule has 0 fully saturated rings. The molecule has 3 unspecified atom stereocenters. The summed E-state index contributed by atoms with van der Waals surface area (Å²) in [4.78, 5) is 0. The Morgan fingerprint density at radius 2 is 1.44 bits per heavy atom. The average molecular weight is 520 g/mol. The van der Waals surface area contributed by atoms with Gasteiger partial charge in [-0.05, 0) is 51.9 Å². The second kappa shape index (κ2) is 28.7. The molecule has 0 aromatic carbocycles. The standard InChI is InChI=1S/C20H41NO7.C8H16/c1-3-5-6-7-8-9-10-12-18(25)27-13-14-28-20(26)19(16(23)15-22)21-17(24)11-4-2;1-3-5-7-8-6-4-2/h3,16-26H,1,4-15H2,2H3;3,5H,4,6-8H2,1-2H3/b;5-3-/t16-,17?,18?,19+,20?;/m0./s1. The van der Waals surface area contributed by atoms with Crippen molar-refractivity contribution in [1.29, 1.82) is 0 Å². The predicted octanol–water partition coefficient (Wildman–Crippen LogP) is 4.15. The van der Waals surface area contributed by atoms with Crippen LogP contribution in [0.15, 0.2) is 24.8 Å². The van der Waals surface area contributed by atoms with Gasteiger partial charge < -0.3 is 35.0 Å². The molecule has 0 aliphatic heterocycles. The average Bonchev–Trinajstić information content (AvgIpc) is 2.87. The summed E-state index contributed by atoms with van der Waals surface area (Å²) in [5.41, 5.74) is 0. The minimum absolute atomic E-state index is 0.0000183. The van der Waals surface area contributed by atoms with Crippen LogP contribution in [0.25, 0.3) is 0 Å². The Labute approximate surface area is 220 Å². The van der Waals surface area contributed by atoms with E-state index in [2.05, 4.69) is 37.9 Å². The number of allylic oxidation sites excluding steroid dienone is 3.